The molecule has 0 amide bonds. The van der Waals surface area contributed by atoms with Crippen molar-refractivity contribution in [1.29, 1.82) is 0 Å². The number of furan rings is 1. The van der Waals surface area contributed by atoms with Crippen molar-refractivity contribution in [2.75, 3.05) is 14.7 Å². The van der Waals surface area contributed by atoms with Crippen LogP contribution in [0.3, 0.4) is 0 Å². The molecule has 26 rings (SSSR count). The number of para-hydroxylation sites is 1. The molecule has 0 spiro atoms. The molecule has 0 aliphatic carbocycles. The number of fused-ring (bicyclic) bond motifs is 23. The highest BCUT2D eigenvalue weighted by Crippen LogP contribution is 2.49. The maximum absolute atomic E-state index is 6.24. The Morgan fingerprint density at radius 3 is 0.978 bits per heavy atom. The lowest BCUT2D eigenvalue weighted by molar-refractivity contribution is 0.590. The molecule has 0 aliphatic rings. The van der Waals surface area contributed by atoms with Gasteiger partial charge in [0.05, 0.1) is 5.69 Å². The first-order valence-electron chi connectivity index (χ1n) is 47.3. The fourth-order valence-electron chi connectivity index (χ4n) is 20.9. The summed E-state index contributed by atoms with van der Waals surface area (Å²) in [5.74, 6) is 0. The molecule has 4 heteroatoms. The molecule has 0 radical (unpaired) electrons. The van der Waals surface area contributed by atoms with Crippen molar-refractivity contribution in [3.8, 4) is 22.3 Å². The second-order valence-electron chi connectivity index (χ2n) is 38.3. The van der Waals surface area contributed by atoms with Gasteiger partial charge in [-0.3, -0.25) is 0 Å². The van der Waals surface area contributed by atoms with Crippen molar-refractivity contribution in [2.45, 2.75) is 52.4 Å². The molecule has 0 aliphatic heterocycles. The summed E-state index contributed by atoms with van der Waals surface area (Å²) in [7, 11) is 0. The molecule has 0 unspecified atom stereocenters. The van der Waals surface area contributed by atoms with Gasteiger partial charge in [-0.05, 0) is 300 Å². The smallest absolute Gasteiger partial charge is 0.135 e. The lowest BCUT2D eigenvalue weighted by atomic mass is 9.86. The fourth-order valence-corrected chi connectivity index (χ4v) is 20.9. The van der Waals surface area contributed by atoms with Gasteiger partial charge in [-0.25, -0.2) is 0 Å². The van der Waals surface area contributed by atoms with E-state index < -0.39 is 0 Å². The molecular weight excluding hydrogens is 1640 g/mol. The minimum atomic E-state index is 0.113. The first-order chi connectivity index (χ1) is 66.7. The van der Waals surface area contributed by atoms with Gasteiger partial charge in [0.2, 0.25) is 0 Å². The summed E-state index contributed by atoms with van der Waals surface area (Å²) < 4.78 is 6.24. The minimum Gasteiger partial charge on any atom is -0.456 e. The normalized spacial score (nSPS) is 11.9. The molecule has 0 atom stereocenters. The van der Waals surface area contributed by atoms with Crippen molar-refractivity contribution < 1.29 is 4.42 Å². The van der Waals surface area contributed by atoms with E-state index in [1.807, 2.05) is 12.1 Å². The van der Waals surface area contributed by atoms with Crippen LogP contribution < -0.4 is 14.7 Å². The summed E-state index contributed by atoms with van der Waals surface area (Å²) in [4.78, 5) is 7.21. The lowest BCUT2D eigenvalue weighted by Crippen LogP contribution is -2.14. The van der Waals surface area contributed by atoms with Crippen molar-refractivity contribution in [2.24, 2.45) is 0 Å². The fraction of sp³-hybridized carbons (Fsp3) is 0.0606. The van der Waals surface area contributed by atoms with E-state index in [-0.39, 0.29) is 10.8 Å². The van der Waals surface area contributed by atoms with Gasteiger partial charge < -0.3 is 19.1 Å². The van der Waals surface area contributed by atoms with Gasteiger partial charge in [-0.1, -0.05) is 399 Å². The van der Waals surface area contributed by atoms with Crippen LogP contribution in [0.4, 0.5) is 51.2 Å². The van der Waals surface area contributed by atoms with Gasteiger partial charge in [0.15, 0.2) is 0 Å². The maximum atomic E-state index is 6.24. The molecule has 1 heterocycles. The third-order valence-corrected chi connectivity index (χ3v) is 28.0. The SMILES string of the molecule is CC(C)(C)c1ccc(N(c2ccc(C(C)(C)C)cc2)c2ccc3ccc4c5ccccc5ccc4c3c2)cc1.c1ccc(-c2ccc3cc(N(c4ccc5c(ccc6ccccc65)c4)c4ccc5ccc6c7ccccc7ccc6c5c4)ccc3c2)cc1.c1ccc(-c2cccc3c(N(c4ccc5c(ccc6c7ccccc7ccc56)c4)c4ccc5oc6ccccc6c5c4)cccc23)cc1. The first-order valence-corrected chi connectivity index (χ1v) is 47.3. The zero-order valence-corrected chi connectivity index (χ0v) is 76.9. The Morgan fingerprint density at radius 1 is 0.154 bits per heavy atom. The lowest BCUT2D eigenvalue weighted by Gasteiger charge is -2.28. The number of anilines is 9. The molecule has 26 aromatic rings. The second-order valence-corrected chi connectivity index (χ2v) is 38.3. The zero-order chi connectivity index (χ0) is 91.3. The van der Waals surface area contributed by atoms with E-state index in [1.165, 1.54) is 173 Å². The maximum Gasteiger partial charge on any atom is 0.135 e. The number of benzene rings is 25. The first kappa shape index (κ1) is 82.2. The summed E-state index contributed by atoms with van der Waals surface area (Å²) in [5.41, 5.74) is 19.8. The molecule has 0 saturated carbocycles. The number of hydrogen-bond acceptors (Lipinski definition) is 4. The Bertz CT molecular complexity index is 9140. The van der Waals surface area contributed by atoms with Crippen molar-refractivity contribution in [3.05, 3.63) is 490 Å². The second kappa shape index (κ2) is 33.7. The van der Waals surface area contributed by atoms with Crippen LogP contribution >= 0.6 is 0 Å². The molecule has 0 saturated heterocycles. The third-order valence-electron chi connectivity index (χ3n) is 28.0. The predicted octanol–water partition coefficient (Wildman–Crippen LogP) is 38.3. The molecule has 0 N–H and O–H groups in total. The van der Waals surface area contributed by atoms with E-state index in [0.717, 1.165) is 73.1 Å². The topological polar surface area (TPSA) is 22.9 Å². The summed E-state index contributed by atoms with van der Waals surface area (Å²) >= 11 is 0. The van der Waals surface area contributed by atoms with E-state index in [9.17, 15) is 0 Å². The number of rotatable bonds is 11. The highest BCUT2D eigenvalue weighted by Gasteiger charge is 2.25. The Balaban J connectivity index is 0.000000112. The van der Waals surface area contributed by atoms with Crippen molar-refractivity contribution in [1.82, 2.24) is 0 Å². The van der Waals surface area contributed by atoms with Gasteiger partial charge in [-0.2, -0.15) is 0 Å². The zero-order valence-electron chi connectivity index (χ0n) is 76.9. The Labute approximate surface area is 791 Å². The van der Waals surface area contributed by atoms with Crippen molar-refractivity contribution >= 4 is 213 Å². The van der Waals surface area contributed by atoms with Crippen LogP contribution in [0.1, 0.15) is 52.7 Å². The molecule has 136 heavy (non-hydrogen) atoms. The molecule has 0 bridgehead atoms. The number of nitrogens with zero attached hydrogens (tertiary/aromatic N) is 3. The van der Waals surface area contributed by atoms with Crippen LogP contribution in [0.25, 0.3) is 184 Å². The average molecular weight is 1740 g/mol. The van der Waals surface area contributed by atoms with Crippen LogP contribution in [0.5, 0.6) is 0 Å². The largest absolute Gasteiger partial charge is 0.456 e. The molecule has 1 aromatic heterocycles. The van der Waals surface area contributed by atoms with E-state index in [0.29, 0.717) is 0 Å². The summed E-state index contributed by atoms with van der Waals surface area (Å²) in [5, 5.41) is 35.0. The monoisotopic (exact) mass is 1740 g/mol. The molecule has 646 valence electrons. The van der Waals surface area contributed by atoms with Gasteiger partial charge in [0.25, 0.3) is 0 Å². The highest BCUT2D eigenvalue weighted by atomic mass is 16.3. The number of hydrogen-bond donors (Lipinski definition) is 0. The van der Waals surface area contributed by atoms with E-state index >= 15 is 0 Å². The Kier molecular flexibility index (Phi) is 20.4. The minimum absolute atomic E-state index is 0.113. The van der Waals surface area contributed by atoms with Crippen molar-refractivity contribution in [3.63, 3.8) is 0 Å². The van der Waals surface area contributed by atoms with Gasteiger partial charge in [0, 0.05) is 61.7 Å². The summed E-state index contributed by atoms with van der Waals surface area (Å²) in [6.07, 6.45) is 0. The van der Waals surface area contributed by atoms with Crippen LogP contribution in [0, 0.1) is 0 Å². The van der Waals surface area contributed by atoms with Gasteiger partial charge >= 0.3 is 0 Å². The van der Waals surface area contributed by atoms with Crippen LogP contribution in [0.2, 0.25) is 0 Å². The molecular formula is C132H97N3O. The van der Waals surface area contributed by atoms with E-state index in [4.69, 9.17) is 4.42 Å². The Hall–Kier alpha value is -16.9. The van der Waals surface area contributed by atoms with Crippen LogP contribution in [-0.4, -0.2) is 0 Å². The third kappa shape index (κ3) is 15.0. The molecule has 25 aromatic carbocycles. The summed E-state index contributed by atoms with van der Waals surface area (Å²) in [6.45, 7) is 13.6. The quantitative estimate of drug-likeness (QED) is 0.120. The van der Waals surface area contributed by atoms with Crippen LogP contribution in [0.15, 0.2) is 484 Å². The van der Waals surface area contributed by atoms with E-state index in [1.54, 1.807) is 0 Å². The van der Waals surface area contributed by atoms with Gasteiger partial charge in [-0.15, -0.1) is 0 Å². The van der Waals surface area contributed by atoms with Gasteiger partial charge in [0.1, 0.15) is 11.2 Å². The van der Waals surface area contributed by atoms with E-state index in [2.05, 4.69) is 523 Å². The Morgan fingerprint density at radius 2 is 0.456 bits per heavy atom. The highest BCUT2D eigenvalue weighted by molar-refractivity contribution is 6.22. The summed E-state index contributed by atoms with van der Waals surface area (Å²) in [6, 6.07) is 175. The average Bonchev–Trinajstić information content (AvgIpc) is 1.07. The van der Waals surface area contributed by atoms with Crippen LogP contribution in [-0.2, 0) is 10.8 Å². The standard InChI is InChI=1S/C48H31N.C46H29NO.C38H37N/c1-2-8-32(9-3-1)36-15-16-38-29-40(23-19-37(38)28-36)49(41-24-27-45-39(30-41)17-14-33-10-4-6-12-43(33)45)42-22-18-35-21-25-46-44-13-7-5-11-34(44)20-26-47(46)48(35)31-42;1-2-10-30(11-3-1)36-15-8-17-41-38(36)16-9-18-44(41)47(34-23-27-46-43(29-34)42-14-6-7-19-45(42)48-46)33-22-26-37-32(28-33)21-25-39-35-13-5-4-12-31(35)20-24-40(37)39;1-37(2,3)28-14-19-30(20-15-28)39(31-21-16-29(17-22-31)38(4,5)6)32-18-11-27-13-23-34-33-10-8-7-9-26(33)12-24-35(34)36(27)25-32/h1-31H;1-29H;7-25H,1-6H3. The molecule has 4 nitrogen and oxygen atoms in total. The molecule has 0 fully saturated rings. The predicted molar refractivity (Wildman–Crippen MR) is 587 cm³/mol.